The minimum Gasteiger partial charge on any atom is -0.336 e. The summed E-state index contributed by atoms with van der Waals surface area (Å²) < 4.78 is 1.94. The van der Waals surface area contributed by atoms with Gasteiger partial charge in [0, 0.05) is 18.8 Å². The lowest BCUT2D eigenvalue weighted by Gasteiger charge is -2.12. The van der Waals surface area contributed by atoms with Gasteiger partial charge < -0.3 is 5.32 Å². The van der Waals surface area contributed by atoms with Crippen molar-refractivity contribution in [3.63, 3.8) is 0 Å². The number of nitrogens with one attached hydrogen (secondary N) is 1. The summed E-state index contributed by atoms with van der Waals surface area (Å²) in [7, 11) is 0. The molecule has 2 aromatic heterocycles. The van der Waals surface area contributed by atoms with E-state index in [0.29, 0.717) is 18.2 Å². The van der Waals surface area contributed by atoms with Gasteiger partial charge in [0.1, 0.15) is 0 Å². The van der Waals surface area contributed by atoms with E-state index in [-0.39, 0.29) is 17.7 Å². The molecule has 0 bridgehead atoms. The smallest absolute Gasteiger partial charge is 0.324 e. The molecule has 0 aliphatic carbocycles. The summed E-state index contributed by atoms with van der Waals surface area (Å²) in [6.07, 6.45) is 0. The van der Waals surface area contributed by atoms with Crippen molar-refractivity contribution < 1.29 is 9.59 Å². The maximum atomic E-state index is 12.3. The SMILES string of the molecule is O=C(CSc1nnc(-c2cccs2)n1-c1ccccc1)N1CCNC1=O. The molecule has 3 aromatic rings. The van der Waals surface area contributed by atoms with E-state index in [1.807, 2.05) is 52.4 Å². The topological polar surface area (TPSA) is 80.1 Å². The van der Waals surface area contributed by atoms with Gasteiger partial charge in [-0.1, -0.05) is 36.0 Å². The van der Waals surface area contributed by atoms with Gasteiger partial charge in [-0.25, -0.2) is 4.79 Å². The Labute approximate surface area is 158 Å². The van der Waals surface area contributed by atoms with Crippen LogP contribution in [0.15, 0.2) is 53.0 Å². The van der Waals surface area contributed by atoms with E-state index in [0.717, 1.165) is 16.4 Å². The van der Waals surface area contributed by atoms with Crippen LogP contribution in [0, 0.1) is 0 Å². The normalized spacial score (nSPS) is 13.8. The van der Waals surface area contributed by atoms with Crippen molar-refractivity contribution in [2.45, 2.75) is 5.16 Å². The van der Waals surface area contributed by atoms with Crippen molar-refractivity contribution in [2.24, 2.45) is 0 Å². The third-order valence-corrected chi connectivity index (χ3v) is 5.65. The number of imide groups is 1. The first-order chi connectivity index (χ1) is 12.7. The Morgan fingerprint density at radius 2 is 2.04 bits per heavy atom. The molecule has 3 amide bonds. The summed E-state index contributed by atoms with van der Waals surface area (Å²) >= 11 is 2.86. The van der Waals surface area contributed by atoms with Crippen LogP contribution in [0.3, 0.4) is 0 Å². The molecule has 1 aromatic carbocycles. The van der Waals surface area contributed by atoms with Gasteiger partial charge in [-0.05, 0) is 23.6 Å². The van der Waals surface area contributed by atoms with Crippen LogP contribution < -0.4 is 5.32 Å². The van der Waals surface area contributed by atoms with Crippen molar-refractivity contribution in [2.75, 3.05) is 18.8 Å². The predicted octanol–water partition coefficient (Wildman–Crippen LogP) is 2.64. The number of hydrogen-bond acceptors (Lipinski definition) is 6. The lowest BCUT2D eigenvalue weighted by molar-refractivity contribution is -0.124. The molecule has 0 radical (unpaired) electrons. The number of carbonyl (C=O) groups excluding carboxylic acids is 2. The highest BCUT2D eigenvalue weighted by Crippen LogP contribution is 2.30. The molecule has 1 fully saturated rings. The van der Waals surface area contributed by atoms with Crippen molar-refractivity contribution in [3.8, 4) is 16.4 Å². The van der Waals surface area contributed by atoms with E-state index in [4.69, 9.17) is 0 Å². The van der Waals surface area contributed by atoms with E-state index in [1.165, 1.54) is 16.7 Å². The highest BCUT2D eigenvalue weighted by atomic mass is 32.2. The fraction of sp³-hybridized carbons (Fsp3) is 0.176. The maximum absolute atomic E-state index is 12.3. The Kier molecular flexibility index (Phi) is 4.72. The lowest BCUT2D eigenvalue weighted by Crippen LogP contribution is -2.35. The molecular weight excluding hydrogens is 370 g/mol. The van der Waals surface area contributed by atoms with Gasteiger partial charge in [-0.3, -0.25) is 14.3 Å². The fourth-order valence-electron chi connectivity index (χ4n) is 2.65. The summed E-state index contributed by atoms with van der Waals surface area (Å²) in [5.41, 5.74) is 0.926. The van der Waals surface area contributed by atoms with Crippen LogP contribution in [0.5, 0.6) is 0 Å². The Balaban J connectivity index is 1.62. The van der Waals surface area contributed by atoms with Crippen molar-refractivity contribution >= 4 is 35.0 Å². The monoisotopic (exact) mass is 385 g/mol. The van der Waals surface area contributed by atoms with Crippen LogP contribution in [-0.4, -0.2) is 50.4 Å². The number of urea groups is 1. The molecule has 0 unspecified atom stereocenters. The number of carbonyl (C=O) groups is 2. The zero-order valence-corrected chi connectivity index (χ0v) is 15.3. The van der Waals surface area contributed by atoms with Gasteiger partial charge in [0.25, 0.3) is 0 Å². The van der Waals surface area contributed by atoms with Gasteiger partial charge in [0.15, 0.2) is 11.0 Å². The molecule has 0 atom stereocenters. The molecule has 1 aliphatic rings. The number of benzene rings is 1. The van der Waals surface area contributed by atoms with Crippen LogP contribution in [0.2, 0.25) is 0 Å². The van der Waals surface area contributed by atoms with E-state index in [9.17, 15) is 9.59 Å². The molecule has 9 heteroatoms. The number of para-hydroxylation sites is 1. The van der Waals surface area contributed by atoms with E-state index >= 15 is 0 Å². The van der Waals surface area contributed by atoms with Gasteiger partial charge in [0.2, 0.25) is 5.91 Å². The number of amides is 3. The summed E-state index contributed by atoms with van der Waals surface area (Å²) in [5.74, 6) is 0.633. The first kappa shape index (κ1) is 16.8. The summed E-state index contributed by atoms with van der Waals surface area (Å²) in [6, 6.07) is 13.4. The second-order valence-electron chi connectivity index (χ2n) is 5.52. The lowest BCUT2D eigenvalue weighted by atomic mass is 10.3. The minimum atomic E-state index is -0.334. The summed E-state index contributed by atoms with van der Waals surface area (Å²) in [4.78, 5) is 26.2. The van der Waals surface area contributed by atoms with Crippen LogP contribution in [0.4, 0.5) is 4.79 Å². The Morgan fingerprint density at radius 3 is 2.73 bits per heavy atom. The van der Waals surface area contributed by atoms with Crippen molar-refractivity contribution in [1.82, 2.24) is 25.0 Å². The van der Waals surface area contributed by atoms with Crippen LogP contribution in [-0.2, 0) is 4.79 Å². The zero-order valence-electron chi connectivity index (χ0n) is 13.7. The predicted molar refractivity (Wildman–Crippen MR) is 101 cm³/mol. The van der Waals surface area contributed by atoms with Gasteiger partial charge in [-0.15, -0.1) is 21.5 Å². The highest BCUT2D eigenvalue weighted by molar-refractivity contribution is 7.99. The number of aromatic nitrogens is 3. The molecule has 7 nitrogen and oxygen atoms in total. The number of thiophene rings is 1. The van der Waals surface area contributed by atoms with Crippen LogP contribution >= 0.6 is 23.1 Å². The second-order valence-corrected chi connectivity index (χ2v) is 7.41. The van der Waals surface area contributed by atoms with Crippen LogP contribution in [0.1, 0.15) is 0 Å². The van der Waals surface area contributed by atoms with Crippen LogP contribution in [0.25, 0.3) is 16.4 Å². The molecule has 1 saturated heterocycles. The van der Waals surface area contributed by atoms with E-state index in [2.05, 4.69) is 15.5 Å². The first-order valence-electron chi connectivity index (χ1n) is 8.00. The Bertz CT molecular complexity index is 924. The Hall–Kier alpha value is -2.65. The van der Waals surface area contributed by atoms with Crippen molar-refractivity contribution in [3.05, 3.63) is 47.8 Å². The largest absolute Gasteiger partial charge is 0.336 e. The number of nitrogens with zero attached hydrogens (tertiary/aromatic N) is 4. The van der Waals surface area contributed by atoms with E-state index in [1.54, 1.807) is 11.3 Å². The molecule has 26 heavy (non-hydrogen) atoms. The third-order valence-electron chi connectivity index (χ3n) is 3.87. The number of rotatable bonds is 5. The molecule has 1 N–H and O–H groups in total. The number of thioether (sulfide) groups is 1. The standard InChI is InChI=1S/C17H15N5O2S2/c23-14(21-9-8-18-16(21)24)11-26-17-20-19-15(13-7-4-10-25-13)22(17)12-5-2-1-3-6-12/h1-7,10H,8-9,11H2,(H,18,24). The fourth-order valence-corrected chi connectivity index (χ4v) is 4.18. The maximum Gasteiger partial charge on any atom is 0.324 e. The summed E-state index contributed by atoms with van der Waals surface area (Å²) in [6.45, 7) is 0.905. The second kappa shape index (κ2) is 7.30. The average molecular weight is 385 g/mol. The molecular formula is C17H15N5O2S2. The van der Waals surface area contributed by atoms with Gasteiger partial charge in [-0.2, -0.15) is 0 Å². The number of hydrogen-bond donors (Lipinski definition) is 1. The van der Waals surface area contributed by atoms with Gasteiger partial charge in [0.05, 0.1) is 10.6 Å². The highest BCUT2D eigenvalue weighted by Gasteiger charge is 2.27. The molecule has 1 aliphatic heterocycles. The molecule has 132 valence electrons. The van der Waals surface area contributed by atoms with Gasteiger partial charge >= 0.3 is 6.03 Å². The first-order valence-corrected chi connectivity index (χ1v) is 9.86. The molecule has 0 spiro atoms. The Morgan fingerprint density at radius 1 is 1.19 bits per heavy atom. The zero-order chi connectivity index (χ0) is 17.9. The molecule has 0 saturated carbocycles. The minimum absolute atomic E-state index is 0.128. The van der Waals surface area contributed by atoms with Crippen molar-refractivity contribution in [1.29, 1.82) is 0 Å². The average Bonchev–Trinajstić information content (AvgIpc) is 3.40. The molecule has 3 heterocycles. The van der Waals surface area contributed by atoms with E-state index < -0.39 is 0 Å². The quantitative estimate of drug-likeness (QED) is 0.683. The third kappa shape index (κ3) is 3.23. The molecule has 4 rings (SSSR count). The summed E-state index contributed by atoms with van der Waals surface area (Å²) in [5, 5.41) is 13.8.